The van der Waals surface area contributed by atoms with Crippen LogP contribution in [0.3, 0.4) is 0 Å². The molecule has 0 saturated carbocycles. The van der Waals surface area contributed by atoms with Gasteiger partial charge in [0.1, 0.15) is 6.33 Å². The summed E-state index contributed by atoms with van der Waals surface area (Å²) in [6.45, 7) is 4.11. The number of carbonyl (C=O) groups excluding carboxylic acids is 2. The highest BCUT2D eigenvalue weighted by Crippen LogP contribution is 2.30. The first-order chi connectivity index (χ1) is 17.0. The third-order valence-corrected chi connectivity index (χ3v) is 6.37. The molecule has 0 radical (unpaired) electrons. The summed E-state index contributed by atoms with van der Waals surface area (Å²) in [6.07, 6.45) is 1.54. The number of hydrogen-bond acceptors (Lipinski definition) is 5. The van der Waals surface area contributed by atoms with E-state index in [1.54, 1.807) is 29.4 Å². The molecule has 3 aromatic carbocycles. The summed E-state index contributed by atoms with van der Waals surface area (Å²) in [5, 5.41) is 4.07. The minimum atomic E-state index is -0.359. The maximum atomic E-state index is 13.0. The second-order valence-electron chi connectivity index (χ2n) is 8.32. The number of benzene rings is 3. The number of carbonyl (C=O) groups is 2. The Kier molecular flexibility index (Phi) is 6.44. The van der Waals surface area contributed by atoms with E-state index in [9.17, 15) is 9.59 Å². The average molecular weight is 487 g/mol. The molecule has 1 saturated heterocycles. The van der Waals surface area contributed by atoms with Crippen molar-refractivity contribution in [3.05, 3.63) is 88.7 Å². The van der Waals surface area contributed by atoms with E-state index < -0.39 is 0 Å². The molecular formula is C27H23ClN4O3. The van der Waals surface area contributed by atoms with E-state index >= 15 is 0 Å². The van der Waals surface area contributed by atoms with Crippen molar-refractivity contribution in [3.63, 3.8) is 0 Å². The molecule has 0 aliphatic carbocycles. The van der Waals surface area contributed by atoms with E-state index in [0.29, 0.717) is 43.1 Å². The van der Waals surface area contributed by atoms with E-state index in [0.717, 1.165) is 27.7 Å². The van der Waals surface area contributed by atoms with Crippen LogP contribution in [0, 0.1) is 6.92 Å². The van der Waals surface area contributed by atoms with Crippen molar-refractivity contribution < 1.29 is 14.3 Å². The Balaban J connectivity index is 1.39. The van der Waals surface area contributed by atoms with Gasteiger partial charge in [0.05, 0.1) is 35.0 Å². The summed E-state index contributed by atoms with van der Waals surface area (Å²) in [5.41, 5.74) is 4.93. The molecule has 1 aromatic heterocycles. The van der Waals surface area contributed by atoms with Crippen LogP contribution in [0.5, 0.6) is 0 Å². The lowest BCUT2D eigenvalue weighted by Gasteiger charge is -2.27. The van der Waals surface area contributed by atoms with E-state index in [1.807, 2.05) is 49.4 Å². The second kappa shape index (κ2) is 9.82. The Labute approximate surface area is 207 Å². The van der Waals surface area contributed by atoms with Crippen LogP contribution in [-0.2, 0) is 4.74 Å². The number of halogens is 1. The summed E-state index contributed by atoms with van der Waals surface area (Å²) in [7, 11) is 0. The zero-order valence-electron chi connectivity index (χ0n) is 19.1. The van der Waals surface area contributed by atoms with Gasteiger partial charge in [-0.3, -0.25) is 9.59 Å². The number of ether oxygens (including phenoxy) is 1. The number of nitrogens with zero attached hydrogens (tertiary/aromatic N) is 3. The van der Waals surface area contributed by atoms with Gasteiger partial charge in [-0.05, 0) is 48.9 Å². The lowest BCUT2D eigenvalue weighted by Crippen LogP contribution is -2.40. The maximum absolute atomic E-state index is 13.0. The highest BCUT2D eigenvalue weighted by molar-refractivity contribution is 6.34. The smallest absolute Gasteiger partial charge is 0.257 e. The largest absolute Gasteiger partial charge is 0.378 e. The molecule has 0 unspecified atom stereocenters. The monoisotopic (exact) mass is 486 g/mol. The summed E-state index contributed by atoms with van der Waals surface area (Å²) in [5.74, 6) is -0.481. The number of hydrogen-bond donors (Lipinski definition) is 1. The highest BCUT2D eigenvalue weighted by atomic mass is 35.5. The van der Waals surface area contributed by atoms with Crippen LogP contribution in [0.25, 0.3) is 22.2 Å². The maximum Gasteiger partial charge on any atom is 0.257 e. The van der Waals surface area contributed by atoms with Gasteiger partial charge in [0, 0.05) is 35.3 Å². The Morgan fingerprint density at radius 3 is 2.60 bits per heavy atom. The Morgan fingerprint density at radius 2 is 1.80 bits per heavy atom. The first-order valence-electron chi connectivity index (χ1n) is 11.3. The molecule has 176 valence electrons. The lowest BCUT2D eigenvalue weighted by atomic mass is 10.0. The predicted octanol–water partition coefficient (Wildman–Crippen LogP) is 4.98. The van der Waals surface area contributed by atoms with Gasteiger partial charge in [-0.15, -0.1) is 0 Å². The van der Waals surface area contributed by atoms with Gasteiger partial charge in [-0.2, -0.15) is 0 Å². The van der Waals surface area contributed by atoms with Crippen molar-refractivity contribution in [1.82, 2.24) is 14.9 Å². The zero-order valence-corrected chi connectivity index (χ0v) is 19.9. The first kappa shape index (κ1) is 23.0. The fourth-order valence-electron chi connectivity index (χ4n) is 4.15. The number of aryl methyl sites for hydroxylation is 1. The first-order valence-corrected chi connectivity index (χ1v) is 11.7. The topological polar surface area (TPSA) is 84.4 Å². The van der Waals surface area contributed by atoms with E-state index in [2.05, 4.69) is 15.3 Å². The molecule has 5 rings (SSSR count). The van der Waals surface area contributed by atoms with Crippen molar-refractivity contribution in [2.75, 3.05) is 31.6 Å². The quantitative estimate of drug-likeness (QED) is 0.439. The molecule has 2 amide bonds. The molecular weight excluding hydrogens is 464 g/mol. The fourth-order valence-corrected chi connectivity index (χ4v) is 4.42. The number of rotatable bonds is 4. The van der Waals surface area contributed by atoms with Gasteiger partial charge >= 0.3 is 0 Å². The molecule has 1 N–H and O–H groups in total. The third kappa shape index (κ3) is 4.73. The summed E-state index contributed by atoms with van der Waals surface area (Å²) >= 11 is 6.42. The number of anilines is 1. The highest BCUT2D eigenvalue weighted by Gasteiger charge is 2.21. The van der Waals surface area contributed by atoms with Crippen LogP contribution in [0.1, 0.15) is 26.3 Å². The van der Waals surface area contributed by atoms with Crippen LogP contribution in [0.2, 0.25) is 5.02 Å². The number of aromatic nitrogens is 2. The van der Waals surface area contributed by atoms with E-state index in [4.69, 9.17) is 16.3 Å². The molecule has 7 nitrogen and oxygen atoms in total. The average Bonchev–Trinajstić information content (AvgIpc) is 2.89. The molecule has 1 fully saturated rings. The van der Waals surface area contributed by atoms with Gasteiger partial charge in [0.15, 0.2) is 0 Å². The van der Waals surface area contributed by atoms with Crippen LogP contribution in [-0.4, -0.2) is 53.0 Å². The van der Waals surface area contributed by atoms with Crippen molar-refractivity contribution in [3.8, 4) is 11.3 Å². The summed E-state index contributed by atoms with van der Waals surface area (Å²) < 4.78 is 5.30. The number of amides is 2. The Hall–Kier alpha value is -3.81. The van der Waals surface area contributed by atoms with Crippen LogP contribution >= 0.6 is 11.6 Å². The van der Waals surface area contributed by atoms with E-state index in [1.165, 1.54) is 0 Å². The minimum absolute atomic E-state index is 0.123. The summed E-state index contributed by atoms with van der Waals surface area (Å²) in [4.78, 5) is 36.3. The van der Waals surface area contributed by atoms with Crippen molar-refractivity contribution in [2.24, 2.45) is 0 Å². The summed E-state index contributed by atoms with van der Waals surface area (Å²) in [6, 6.07) is 18.2. The number of nitrogens with one attached hydrogen (secondary N) is 1. The normalized spacial score (nSPS) is 13.6. The lowest BCUT2D eigenvalue weighted by molar-refractivity contribution is 0.0303. The second-order valence-corrected chi connectivity index (χ2v) is 8.73. The molecule has 2 heterocycles. The van der Waals surface area contributed by atoms with Gasteiger partial charge in [0.25, 0.3) is 11.8 Å². The molecule has 0 spiro atoms. The van der Waals surface area contributed by atoms with Crippen LogP contribution in [0.4, 0.5) is 5.69 Å². The van der Waals surface area contributed by atoms with Gasteiger partial charge in [0.2, 0.25) is 0 Å². The molecule has 0 bridgehead atoms. The van der Waals surface area contributed by atoms with Crippen LogP contribution in [0.15, 0.2) is 67.0 Å². The number of morpholine rings is 1. The number of fused-ring (bicyclic) bond motifs is 1. The molecule has 1 aliphatic heterocycles. The van der Waals surface area contributed by atoms with Gasteiger partial charge < -0.3 is 15.0 Å². The minimum Gasteiger partial charge on any atom is -0.378 e. The van der Waals surface area contributed by atoms with E-state index in [-0.39, 0.29) is 16.8 Å². The van der Waals surface area contributed by atoms with Gasteiger partial charge in [-0.1, -0.05) is 35.9 Å². The molecule has 1 aliphatic rings. The Bertz CT molecular complexity index is 1430. The van der Waals surface area contributed by atoms with Crippen LogP contribution < -0.4 is 5.32 Å². The SMILES string of the molecule is Cc1ccc(NC(=O)c2ccc(C(=O)N3CCOCC3)cc2Cl)cc1-c1ncnc2ccccc12. The Morgan fingerprint density at radius 1 is 1.00 bits per heavy atom. The fraction of sp³-hybridized carbons (Fsp3) is 0.185. The standard InChI is InChI=1S/C27H23ClN4O3/c1-17-6-8-19(15-22(17)25-21-4-2-3-5-24(21)29-16-30-25)31-26(33)20-9-7-18(14-23(20)28)27(34)32-10-12-35-13-11-32/h2-9,14-16H,10-13H2,1H3,(H,31,33). The van der Waals surface area contributed by atoms with Crippen molar-refractivity contribution in [2.45, 2.75) is 6.92 Å². The molecule has 4 aromatic rings. The van der Waals surface area contributed by atoms with Crippen molar-refractivity contribution >= 4 is 40.0 Å². The molecule has 35 heavy (non-hydrogen) atoms. The molecule has 8 heteroatoms. The van der Waals surface area contributed by atoms with Gasteiger partial charge in [-0.25, -0.2) is 9.97 Å². The van der Waals surface area contributed by atoms with Crippen molar-refractivity contribution in [1.29, 1.82) is 0 Å². The number of para-hydroxylation sites is 1. The molecule has 0 atom stereocenters. The zero-order chi connectivity index (χ0) is 24.4. The predicted molar refractivity (Wildman–Crippen MR) is 136 cm³/mol. The third-order valence-electron chi connectivity index (χ3n) is 6.05.